The maximum atomic E-state index is 14.0. The highest BCUT2D eigenvalue weighted by Crippen LogP contribution is 2.32. The number of halogens is 3. The molecule has 0 radical (unpaired) electrons. The first kappa shape index (κ1) is 15.6. The van der Waals surface area contributed by atoms with Gasteiger partial charge in [-0.05, 0) is 28.1 Å². The Morgan fingerprint density at radius 2 is 2.29 bits per heavy atom. The van der Waals surface area contributed by atoms with Crippen molar-refractivity contribution in [3.05, 3.63) is 22.8 Å². The number of likely N-dealkylation sites (tertiary alicyclic amines) is 1. The highest BCUT2D eigenvalue weighted by molar-refractivity contribution is 9.10. The average molecular weight is 364 g/mol. The molecule has 114 valence electrons. The fraction of sp³-hybridized carbons (Fsp3) is 0.417. The summed E-state index contributed by atoms with van der Waals surface area (Å²) in [7, 11) is 0. The molecule has 0 aromatic carbocycles. The second-order valence-electron chi connectivity index (χ2n) is 4.75. The number of rotatable bonds is 3. The van der Waals surface area contributed by atoms with E-state index in [4.69, 9.17) is 5.11 Å². The molecule has 2 atom stereocenters. The lowest BCUT2D eigenvalue weighted by Gasteiger charge is -2.19. The zero-order valence-corrected chi connectivity index (χ0v) is 12.3. The number of amides is 2. The Bertz CT molecular complexity index is 574. The second kappa shape index (κ2) is 5.92. The van der Waals surface area contributed by atoms with Crippen LogP contribution in [-0.4, -0.2) is 51.9 Å². The van der Waals surface area contributed by atoms with Crippen molar-refractivity contribution < 1.29 is 23.5 Å². The molecule has 0 bridgehead atoms. The summed E-state index contributed by atoms with van der Waals surface area (Å²) in [6.45, 7) is -2.00. The Labute approximate surface area is 127 Å². The summed E-state index contributed by atoms with van der Waals surface area (Å²) in [6, 6.07) is 3.48. The molecule has 2 N–H and O–H groups in total. The third-order valence-electron chi connectivity index (χ3n) is 3.14. The van der Waals surface area contributed by atoms with E-state index >= 15 is 0 Å². The van der Waals surface area contributed by atoms with Crippen molar-refractivity contribution in [3.63, 3.8) is 0 Å². The summed E-state index contributed by atoms with van der Waals surface area (Å²) in [4.78, 5) is 27.7. The molecular formula is C12H12BrF2N3O3. The third kappa shape index (κ3) is 3.46. The molecule has 1 saturated heterocycles. The highest BCUT2D eigenvalue weighted by atomic mass is 79.9. The molecule has 1 aromatic rings. The molecule has 2 rings (SSSR count). The van der Waals surface area contributed by atoms with Gasteiger partial charge in [-0.25, -0.2) is 18.6 Å². The zero-order valence-electron chi connectivity index (χ0n) is 10.7. The van der Waals surface area contributed by atoms with Gasteiger partial charge in [0.05, 0.1) is 6.54 Å². The van der Waals surface area contributed by atoms with Crippen LogP contribution in [0.15, 0.2) is 22.8 Å². The molecular weight excluding hydrogens is 352 g/mol. The number of carboxylic acid groups (broad SMARTS) is 1. The lowest BCUT2D eigenvalue weighted by molar-refractivity contribution is -0.120. The minimum atomic E-state index is -2.33. The molecule has 6 nitrogen and oxygen atoms in total. The predicted molar refractivity (Wildman–Crippen MR) is 73.5 cm³/mol. The lowest BCUT2D eigenvalue weighted by Crippen LogP contribution is -2.42. The molecule has 9 heteroatoms. The highest BCUT2D eigenvalue weighted by Gasteiger charge is 2.49. The monoisotopic (exact) mass is 363 g/mol. The van der Waals surface area contributed by atoms with Crippen molar-refractivity contribution >= 4 is 33.7 Å². The zero-order chi connectivity index (χ0) is 15.6. The topological polar surface area (TPSA) is 82.5 Å². The largest absolute Gasteiger partial charge is 0.465 e. The van der Waals surface area contributed by atoms with Gasteiger partial charge in [-0.15, -0.1) is 0 Å². The number of alkyl halides is 2. The number of pyridine rings is 1. The first-order valence-electron chi connectivity index (χ1n) is 6.02. The molecule has 1 fully saturated rings. The van der Waals surface area contributed by atoms with Crippen LogP contribution in [0.3, 0.4) is 0 Å². The van der Waals surface area contributed by atoms with Crippen LogP contribution < -0.4 is 5.32 Å². The molecule has 1 aromatic heterocycles. The number of hydrogen-bond acceptors (Lipinski definition) is 3. The van der Waals surface area contributed by atoms with Crippen molar-refractivity contribution in [1.82, 2.24) is 9.88 Å². The molecule has 0 saturated carbocycles. The van der Waals surface area contributed by atoms with Crippen LogP contribution in [0.5, 0.6) is 0 Å². The second-order valence-corrected chi connectivity index (χ2v) is 5.56. The number of anilines is 1. The summed E-state index contributed by atoms with van der Waals surface area (Å²) in [6.07, 6.45) is -1.99. The Morgan fingerprint density at radius 1 is 1.57 bits per heavy atom. The minimum absolute atomic E-state index is 0.191. The standard InChI is InChI=1S/C12H12BrF2N3O3/c13-8-2-1-3-9(16-8)17-10(19)7-4-12(15,5-14)6-18(7)11(20)21/h1-3,7H,4-6H2,(H,20,21)(H,16,17,19). The summed E-state index contributed by atoms with van der Waals surface area (Å²) >= 11 is 3.12. The predicted octanol–water partition coefficient (Wildman–Crippen LogP) is 2.21. The van der Waals surface area contributed by atoms with Crippen LogP contribution >= 0.6 is 15.9 Å². The van der Waals surface area contributed by atoms with Crippen LogP contribution in [0.4, 0.5) is 19.4 Å². The van der Waals surface area contributed by atoms with Crippen molar-refractivity contribution in [2.75, 3.05) is 18.5 Å². The molecule has 2 amide bonds. The minimum Gasteiger partial charge on any atom is -0.465 e. The maximum Gasteiger partial charge on any atom is 0.408 e. The number of aromatic nitrogens is 1. The van der Waals surface area contributed by atoms with Crippen molar-refractivity contribution in [2.24, 2.45) is 0 Å². The van der Waals surface area contributed by atoms with Gasteiger partial charge >= 0.3 is 6.09 Å². The summed E-state index contributed by atoms with van der Waals surface area (Å²) in [5.74, 6) is -0.549. The van der Waals surface area contributed by atoms with Crippen molar-refractivity contribution in [1.29, 1.82) is 0 Å². The SMILES string of the molecule is O=C(Nc1cccc(Br)n1)C1CC(F)(CF)CN1C(=O)O. The van der Waals surface area contributed by atoms with Gasteiger partial charge in [0.25, 0.3) is 0 Å². The Hall–Kier alpha value is -1.77. The number of carbonyl (C=O) groups excluding carboxylic acids is 1. The smallest absolute Gasteiger partial charge is 0.408 e. The van der Waals surface area contributed by atoms with Gasteiger partial charge < -0.3 is 10.4 Å². The van der Waals surface area contributed by atoms with Gasteiger partial charge in [0, 0.05) is 6.42 Å². The molecule has 2 unspecified atom stereocenters. The number of carbonyl (C=O) groups is 2. The van der Waals surface area contributed by atoms with E-state index in [1.54, 1.807) is 12.1 Å². The van der Waals surface area contributed by atoms with Crippen LogP contribution in [0.1, 0.15) is 6.42 Å². The van der Waals surface area contributed by atoms with Crippen LogP contribution in [0.2, 0.25) is 0 Å². The third-order valence-corrected chi connectivity index (χ3v) is 3.58. The first-order valence-corrected chi connectivity index (χ1v) is 6.82. The van der Waals surface area contributed by atoms with Crippen molar-refractivity contribution in [3.8, 4) is 0 Å². The lowest BCUT2D eigenvalue weighted by atomic mass is 10.0. The molecule has 2 heterocycles. The van der Waals surface area contributed by atoms with Gasteiger partial charge in [-0.2, -0.15) is 0 Å². The number of nitrogens with zero attached hydrogens (tertiary/aromatic N) is 2. The van der Waals surface area contributed by atoms with E-state index < -0.39 is 43.4 Å². The normalized spacial score (nSPS) is 24.9. The Morgan fingerprint density at radius 3 is 2.86 bits per heavy atom. The van der Waals surface area contributed by atoms with Gasteiger partial charge in [0.1, 0.15) is 23.1 Å². The van der Waals surface area contributed by atoms with Gasteiger partial charge in [-0.3, -0.25) is 9.69 Å². The van der Waals surface area contributed by atoms with E-state index in [1.165, 1.54) is 6.07 Å². The first-order chi connectivity index (χ1) is 9.84. The fourth-order valence-electron chi connectivity index (χ4n) is 2.16. The summed E-state index contributed by atoms with van der Waals surface area (Å²) in [5.41, 5.74) is -2.33. The summed E-state index contributed by atoms with van der Waals surface area (Å²) < 4.78 is 27.2. The Balaban J connectivity index is 2.15. The van der Waals surface area contributed by atoms with Crippen LogP contribution in [0.25, 0.3) is 0 Å². The fourth-order valence-corrected chi connectivity index (χ4v) is 2.50. The number of hydrogen-bond donors (Lipinski definition) is 2. The quantitative estimate of drug-likeness (QED) is 0.806. The van der Waals surface area contributed by atoms with Gasteiger partial charge in [0.15, 0.2) is 5.67 Å². The molecule has 1 aliphatic rings. The van der Waals surface area contributed by atoms with Crippen LogP contribution in [0, 0.1) is 0 Å². The van der Waals surface area contributed by atoms with E-state index in [0.717, 1.165) is 0 Å². The summed E-state index contributed by atoms with van der Waals surface area (Å²) in [5, 5.41) is 11.4. The van der Waals surface area contributed by atoms with E-state index in [-0.39, 0.29) is 5.82 Å². The Kier molecular flexibility index (Phi) is 4.40. The van der Waals surface area contributed by atoms with E-state index in [9.17, 15) is 18.4 Å². The molecule has 21 heavy (non-hydrogen) atoms. The molecule has 1 aliphatic heterocycles. The van der Waals surface area contributed by atoms with E-state index in [2.05, 4.69) is 26.2 Å². The molecule has 0 spiro atoms. The van der Waals surface area contributed by atoms with Gasteiger partial charge in [0.2, 0.25) is 5.91 Å². The van der Waals surface area contributed by atoms with Gasteiger partial charge in [-0.1, -0.05) is 6.07 Å². The number of nitrogens with one attached hydrogen (secondary N) is 1. The average Bonchev–Trinajstić information content (AvgIpc) is 2.78. The van der Waals surface area contributed by atoms with E-state index in [0.29, 0.717) is 9.50 Å². The maximum absolute atomic E-state index is 14.0. The van der Waals surface area contributed by atoms with Crippen LogP contribution in [-0.2, 0) is 4.79 Å². The van der Waals surface area contributed by atoms with Crippen molar-refractivity contribution in [2.45, 2.75) is 18.1 Å². The van der Waals surface area contributed by atoms with E-state index in [1.807, 2.05) is 0 Å². The molecule has 0 aliphatic carbocycles.